The summed E-state index contributed by atoms with van der Waals surface area (Å²) >= 11 is 0. The Hall–Kier alpha value is -3.41. The van der Waals surface area contributed by atoms with Crippen molar-refractivity contribution in [1.82, 2.24) is 0 Å². The highest BCUT2D eigenvalue weighted by atomic mass is 19.3. The number of rotatable bonds is 9. The highest BCUT2D eigenvalue weighted by molar-refractivity contribution is 5.85. The topological polar surface area (TPSA) is 27.7 Å². The number of ether oxygens (including phenoxy) is 3. The molecule has 0 amide bonds. The van der Waals surface area contributed by atoms with Gasteiger partial charge in [0, 0.05) is 0 Å². The SMILES string of the molecule is C/C=C/COc1ccc(C(F)(F)Oc2ccc3cc(OC/C=C/C)c(F)cc3c2)cc1. The summed E-state index contributed by atoms with van der Waals surface area (Å²) in [7, 11) is 0. The van der Waals surface area contributed by atoms with E-state index in [0.717, 1.165) is 0 Å². The lowest BCUT2D eigenvalue weighted by Gasteiger charge is -2.19. The van der Waals surface area contributed by atoms with Crippen LogP contribution in [0.1, 0.15) is 19.4 Å². The van der Waals surface area contributed by atoms with Gasteiger partial charge in [0.2, 0.25) is 0 Å². The van der Waals surface area contributed by atoms with Crippen LogP contribution in [0, 0.1) is 5.82 Å². The van der Waals surface area contributed by atoms with Crippen LogP contribution in [0.2, 0.25) is 0 Å². The molecule has 0 bridgehead atoms. The highest BCUT2D eigenvalue weighted by Crippen LogP contribution is 2.35. The van der Waals surface area contributed by atoms with Crippen LogP contribution in [0.4, 0.5) is 13.2 Å². The Morgan fingerprint density at radius 2 is 1.42 bits per heavy atom. The van der Waals surface area contributed by atoms with Gasteiger partial charge in [-0.2, -0.15) is 8.78 Å². The fraction of sp³-hybridized carbons (Fsp3) is 0.200. The van der Waals surface area contributed by atoms with E-state index in [9.17, 15) is 13.2 Å². The molecule has 0 saturated carbocycles. The molecule has 0 saturated heterocycles. The van der Waals surface area contributed by atoms with E-state index in [1.54, 1.807) is 18.2 Å². The Morgan fingerprint density at radius 1 is 0.774 bits per heavy atom. The summed E-state index contributed by atoms with van der Waals surface area (Å²) in [5.41, 5.74) is -0.315. The molecule has 162 valence electrons. The van der Waals surface area contributed by atoms with Crippen LogP contribution in [0.25, 0.3) is 10.8 Å². The smallest absolute Gasteiger partial charge is 0.426 e. The number of fused-ring (bicyclic) bond motifs is 1. The van der Waals surface area contributed by atoms with Crippen LogP contribution >= 0.6 is 0 Å². The fourth-order valence-electron chi connectivity index (χ4n) is 2.83. The molecule has 0 fully saturated rings. The Kier molecular flexibility index (Phi) is 7.23. The monoisotopic (exact) mass is 428 g/mol. The van der Waals surface area contributed by atoms with Gasteiger partial charge in [-0.15, -0.1) is 0 Å². The van der Waals surface area contributed by atoms with Gasteiger partial charge >= 0.3 is 6.11 Å². The standard InChI is InChI=1S/C25H23F3O3/c1-3-5-13-29-21-11-8-20(9-12-21)25(27,28)31-22-10-7-18-17-24(30-14-6-4-2)23(26)16-19(18)15-22/h3-12,15-17H,13-14H2,1-2H3/b5-3+,6-4+. The second-order valence-corrected chi connectivity index (χ2v) is 6.69. The van der Waals surface area contributed by atoms with Gasteiger partial charge in [0.15, 0.2) is 11.6 Å². The molecule has 0 aliphatic heterocycles. The van der Waals surface area contributed by atoms with Gasteiger partial charge in [-0.1, -0.05) is 30.4 Å². The second-order valence-electron chi connectivity index (χ2n) is 6.69. The van der Waals surface area contributed by atoms with Gasteiger partial charge in [0.05, 0.1) is 5.56 Å². The molecule has 0 aliphatic carbocycles. The molecular formula is C25H23F3O3. The van der Waals surface area contributed by atoms with Crippen molar-refractivity contribution in [3.05, 3.63) is 90.3 Å². The van der Waals surface area contributed by atoms with Gasteiger partial charge in [-0.3, -0.25) is 0 Å². The summed E-state index contributed by atoms with van der Waals surface area (Å²) in [4.78, 5) is 0. The molecule has 3 aromatic carbocycles. The second kappa shape index (κ2) is 10.1. The molecule has 0 aliphatic rings. The van der Waals surface area contributed by atoms with Crippen LogP contribution in [0.5, 0.6) is 17.2 Å². The van der Waals surface area contributed by atoms with Crippen LogP contribution in [0.3, 0.4) is 0 Å². The summed E-state index contributed by atoms with van der Waals surface area (Å²) in [5, 5.41) is 1.08. The van der Waals surface area contributed by atoms with E-state index >= 15 is 0 Å². The molecule has 31 heavy (non-hydrogen) atoms. The van der Waals surface area contributed by atoms with Crippen LogP contribution < -0.4 is 14.2 Å². The minimum absolute atomic E-state index is 0.0760. The third-order valence-electron chi connectivity index (χ3n) is 4.45. The van der Waals surface area contributed by atoms with Crippen molar-refractivity contribution in [1.29, 1.82) is 0 Å². The molecule has 0 unspecified atom stereocenters. The summed E-state index contributed by atoms with van der Waals surface area (Å²) in [6, 6.07) is 12.6. The number of allylic oxidation sites excluding steroid dienone is 2. The fourth-order valence-corrected chi connectivity index (χ4v) is 2.83. The molecule has 3 nitrogen and oxygen atoms in total. The Bertz CT molecular complexity index is 1070. The van der Waals surface area contributed by atoms with Gasteiger partial charge in [0.25, 0.3) is 0 Å². The number of halogens is 3. The molecule has 0 aromatic heterocycles. The van der Waals surface area contributed by atoms with E-state index in [4.69, 9.17) is 14.2 Å². The first-order chi connectivity index (χ1) is 14.9. The molecule has 0 N–H and O–H groups in total. The van der Waals surface area contributed by atoms with E-state index in [-0.39, 0.29) is 23.7 Å². The van der Waals surface area contributed by atoms with Crippen LogP contribution in [0.15, 0.2) is 78.9 Å². The maximum atomic E-state index is 14.6. The summed E-state index contributed by atoms with van der Waals surface area (Å²) in [6.07, 6.45) is 3.63. The lowest BCUT2D eigenvalue weighted by molar-refractivity contribution is -0.185. The first kappa shape index (κ1) is 22.3. The first-order valence-corrected chi connectivity index (χ1v) is 9.81. The Labute approximate surface area is 179 Å². The maximum Gasteiger partial charge on any atom is 0.426 e. The van der Waals surface area contributed by atoms with E-state index < -0.39 is 11.9 Å². The molecule has 3 aromatic rings. The predicted molar refractivity (Wildman–Crippen MR) is 115 cm³/mol. The maximum absolute atomic E-state index is 14.6. The van der Waals surface area contributed by atoms with E-state index in [1.165, 1.54) is 48.5 Å². The zero-order chi connectivity index (χ0) is 22.3. The number of hydrogen-bond donors (Lipinski definition) is 0. The lowest BCUT2D eigenvalue weighted by Crippen LogP contribution is -2.21. The van der Waals surface area contributed by atoms with E-state index in [1.807, 2.05) is 26.0 Å². The molecule has 3 rings (SSSR count). The minimum Gasteiger partial charge on any atom is -0.490 e. The third-order valence-corrected chi connectivity index (χ3v) is 4.45. The summed E-state index contributed by atoms with van der Waals surface area (Å²) < 4.78 is 59.2. The molecular weight excluding hydrogens is 405 g/mol. The number of benzene rings is 3. The zero-order valence-electron chi connectivity index (χ0n) is 17.3. The molecule has 0 atom stereocenters. The van der Waals surface area contributed by atoms with Gasteiger partial charge in [-0.05, 0) is 73.2 Å². The van der Waals surface area contributed by atoms with Crippen LogP contribution in [-0.2, 0) is 6.11 Å². The quantitative estimate of drug-likeness (QED) is 0.343. The minimum atomic E-state index is -3.57. The summed E-state index contributed by atoms with van der Waals surface area (Å²) in [6.45, 7) is 4.30. The predicted octanol–water partition coefficient (Wildman–Crippen LogP) is 7.02. The van der Waals surface area contributed by atoms with Crippen molar-refractivity contribution in [2.24, 2.45) is 0 Å². The zero-order valence-corrected chi connectivity index (χ0v) is 17.3. The van der Waals surface area contributed by atoms with Crippen molar-refractivity contribution in [3.63, 3.8) is 0 Å². The average Bonchev–Trinajstić information content (AvgIpc) is 2.75. The van der Waals surface area contributed by atoms with Crippen molar-refractivity contribution in [3.8, 4) is 17.2 Å². The lowest BCUT2D eigenvalue weighted by atomic mass is 10.1. The molecule has 0 radical (unpaired) electrons. The third kappa shape index (κ3) is 5.81. The van der Waals surface area contributed by atoms with Gasteiger partial charge < -0.3 is 14.2 Å². The van der Waals surface area contributed by atoms with Crippen molar-refractivity contribution < 1.29 is 27.4 Å². The van der Waals surface area contributed by atoms with Crippen molar-refractivity contribution >= 4 is 10.8 Å². The van der Waals surface area contributed by atoms with Crippen molar-refractivity contribution in [2.45, 2.75) is 20.0 Å². The largest absolute Gasteiger partial charge is 0.490 e. The highest BCUT2D eigenvalue weighted by Gasteiger charge is 2.34. The average molecular weight is 428 g/mol. The van der Waals surface area contributed by atoms with Crippen LogP contribution in [-0.4, -0.2) is 13.2 Å². The van der Waals surface area contributed by atoms with Gasteiger partial charge in [0.1, 0.15) is 24.7 Å². The number of hydrogen-bond acceptors (Lipinski definition) is 3. The van der Waals surface area contributed by atoms with E-state index in [2.05, 4.69) is 0 Å². The van der Waals surface area contributed by atoms with E-state index in [0.29, 0.717) is 23.1 Å². The van der Waals surface area contributed by atoms with Gasteiger partial charge in [-0.25, -0.2) is 4.39 Å². The Balaban J connectivity index is 1.76. The Morgan fingerprint density at radius 3 is 2.10 bits per heavy atom. The summed E-state index contributed by atoms with van der Waals surface area (Å²) in [5.74, 6) is -0.0741. The van der Waals surface area contributed by atoms with Crippen molar-refractivity contribution in [2.75, 3.05) is 13.2 Å². The number of alkyl halides is 2. The first-order valence-electron chi connectivity index (χ1n) is 9.81. The molecule has 6 heteroatoms. The molecule has 0 heterocycles. The normalized spacial score (nSPS) is 12.0. The molecule has 0 spiro atoms.